The lowest BCUT2D eigenvalue weighted by atomic mass is 10.1. The van der Waals surface area contributed by atoms with Crippen LogP contribution in [0.1, 0.15) is 17.5 Å². The molecule has 0 bridgehead atoms. The molecule has 0 radical (unpaired) electrons. The number of anilines is 1. The van der Waals surface area contributed by atoms with E-state index in [1.165, 1.54) is 30.5 Å². The Morgan fingerprint density at radius 3 is 2.29 bits per heavy atom. The Hall–Kier alpha value is -4.53. The normalized spacial score (nSPS) is 10.5. The van der Waals surface area contributed by atoms with Gasteiger partial charge in [0.05, 0.1) is 6.21 Å². The molecule has 0 aromatic heterocycles. The van der Waals surface area contributed by atoms with Crippen LogP contribution in [0.2, 0.25) is 0 Å². The van der Waals surface area contributed by atoms with E-state index in [1.807, 2.05) is 30.3 Å². The van der Waals surface area contributed by atoms with Crippen LogP contribution in [0.5, 0.6) is 5.75 Å². The van der Waals surface area contributed by atoms with Gasteiger partial charge in [0.25, 0.3) is 5.91 Å². The van der Waals surface area contributed by atoms with Gasteiger partial charge in [-0.05, 0) is 66.1 Å². The number of hydrogen-bond acceptors (Lipinski definition) is 5. The van der Waals surface area contributed by atoms with Gasteiger partial charge in [0, 0.05) is 12.2 Å². The van der Waals surface area contributed by atoms with E-state index in [-0.39, 0.29) is 30.7 Å². The summed E-state index contributed by atoms with van der Waals surface area (Å²) in [5.41, 5.74) is 4.57. The predicted molar refractivity (Wildman–Crippen MR) is 130 cm³/mol. The van der Waals surface area contributed by atoms with Gasteiger partial charge in [0.1, 0.15) is 18.0 Å². The molecule has 0 aliphatic rings. The van der Waals surface area contributed by atoms with Gasteiger partial charge >= 0.3 is 0 Å². The zero-order valence-corrected chi connectivity index (χ0v) is 18.9. The van der Waals surface area contributed by atoms with E-state index < -0.39 is 5.91 Å². The number of nitrogens with zero attached hydrogens (tertiary/aromatic N) is 1. The van der Waals surface area contributed by atoms with E-state index in [0.29, 0.717) is 30.0 Å². The van der Waals surface area contributed by atoms with Crippen LogP contribution in [0.15, 0.2) is 84.0 Å². The summed E-state index contributed by atoms with van der Waals surface area (Å²) in [5, 5.41) is 9.15. The minimum Gasteiger partial charge on any atom is -0.484 e. The summed E-state index contributed by atoms with van der Waals surface area (Å²) in [4.78, 5) is 35.6. The number of nitrogens with one attached hydrogen (secondary N) is 3. The van der Waals surface area contributed by atoms with Crippen LogP contribution in [0.3, 0.4) is 0 Å². The zero-order chi connectivity index (χ0) is 24.9. The molecule has 0 saturated carbocycles. The minimum absolute atomic E-state index is 0.214. The lowest BCUT2D eigenvalue weighted by molar-refractivity contribution is -0.129. The van der Waals surface area contributed by atoms with Crippen molar-refractivity contribution < 1.29 is 23.5 Å². The summed E-state index contributed by atoms with van der Waals surface area (Å²) in [6, 6.07) is 21.8. The molecule has 3 rings (SSSR count). The van der Waals surface area contributed by atoms with Gasteiger partial charge in [-0.25, -0.2) is 9.82 Å². The summed E-state index contributed by atoms with van der Waals surface area (Å²) < 4.78 is 18.3. The van der Waals surface area contributed by atoms with Crippen LogP contribution >= 0.6 is 0 Å². The summed E-state index contributed by atoms with van der Waals surface area (Å²) in [5.74, 6) is -1.20. The molecule has 0 fully saturated rings. The quantitative estimate of drug-likeness (QED) is 0.225. The molecule has 3 N–H and O–H groups in total. The van der Waals surface area contributed by atoms with Crippen molar-refractivity contribution in [2.24, 2.45) is 5.10 Å². The molecule has 0 spiro atoms. The highest BCUT2D eigenvalue weighted by atomic mass is 19.1. The number of rotatable bonds is 11. The van der Waals surface area contributed by atoms with Gasteiger partial charge in [0.2, 0.25) is 11.8 Å². The second-order valence-corrected chi connectivity index (χ2v) is 7.47. The second-order valence-electron chi connectivity index (χ2n) is 7.47. The monoisotopic (exact) mass is 476 g/mol. The number of hydrogen-bond donors (Lipinski definition) is 3. The smallest absolute Gasteiger partial charge is 0.262 e. The zero-order valence-electron chi connectivity index (χ0n) is 18.9. The summed E-state index contributed by atoms with van der Waals surface area (Å²) >= 11 is 0. The van der Waals surface area contributed by atoms with E-state index >= 15 is 0 Å². The summed E-state index contributed by atoms with van der Waals surface area (Å²) in [7, 11) is 0. The highest BCUT2D eigenvalue weighted by molar-refractivity contribution is 5.97. The van der Waals surface area contributed by atoms with Crippen LogP contribution < -0.4 is 20.8 Å². The number of carbonyl (C=O) groups excluding carboxylic acids is 3. The lowest BCUT2D eigenvalue weighted by Gasteiger charge is -2.07. The average molecular weight is 477 g/mol. The maximum Gasteiger partial charge on any atom is 0.262 e. The minimum atomic E-state index is -0.523. The maximum atomic E-state index is 12.9. The summed E-state index contributed by atoms with van der Waals surface area (Å²) in [6.45, 7) is 0.232. The lowest BCUT2D eigenvalue weighted by Crippen LogP contribution is -2.31. The Labute approximate surface area is 202 Å². The number of carbonyl (C=O) groups is 3. The molecule has 0 heterocycles. The molecule has 180 valence electrons. The van der Waals surface area contributed by atoms with Crippen molar-refractivity contribution in [2.75, 3.05) is 18.5 Å². The van der Waals surface area contributed by atoms with Crippen molar-refractivity contribution in [2.45, 2.75) is 12.8 Å². The van der Waals surface area contributed by atoms with Crippen molar-refractivity contribution >= 4 is 29.6 Å². The van der Waals surface area contributed by atoms with Crippen molar-refractivity contribution in [3.63, 3.8) is 0 Å². The van der Waals surface area contributed by atoms with Gasteiger partial charge in [-0.3, -0.25) is 14.4 Å². The molecule has 8 nitrogen and oxygen atoms in total. The molecule has 0 saturated heterocycles. The Morgan fingerprint density at radius 2 is 1.57 bits per heavy atom. The van der Waals surface area contributed by atoms with Crippen LogP contribution in [-0.2, 0) is 20.8 Å². The largest absolute Gasteiger partial charge is 0.484 e. The Balaban J connectivity index is 1.33. The predicted octanol–water partition coefficient (Wildman–Crippen LogP) is 3.04. The first-order valence-electron chi connectivity index (χ1n) is 10.9. The molecule has 3 aromatic rings. The molecule has 0 aliphatic carbocycles. The fourth-order valence-corrected chi connectivity index (χ4v) is 2.95. The van der Waals surface area contributed by atoms with Gasteiger partial charge in [-0.15, -0.1) is 0 Å². The third-order valence-corrected chi connectivity index (χ3v) is 4.68. The topological polar surface area (TPSA) is 109 Å². The summed E-state index contributed by atoms with van der Waals surface area (Å²) in [6.07, 6.45) is 1.79. The highest BCUT2D eigenvalue weighted by Crippen LogP contribution is 2.12. The molecule has 0 aliphatic heterocycles. The molecular weight excluding hydrogens is 451 g/mol. The van der Waals surface area contributed by atoms with Crippen LogP contribution in [0, 0.1) is 5.82 Å². The van der Waals surface area contributed by atoms with Crippen LogP contribution in [0.4, 0.5) is 10.1 Å². The third-order valence-electron chi connectivity index (χ3n) is 4.68. The Morgan fingerprint density at radius 1 is 0.857 bits per heavy atom. The fourth-order valence-electron chi connectivity index (χ4n) is 2.95. The van der Waals surface area contributed by atoms with E-state index in [2.05, 4.69) is 21.2 Å². The van der Waals surface area contributed by atoms with E-state index in [0.717, 1.165) is 5.56 Å². The maximum absolute atomic E-state index is 12.9. The van der Waals surface area contributed by atoms with Crippen molar-refractivity contribution in [1.82, 2.24) is 10.7 Å². The van der Waals surface area contributed by atoms with E-state index in [1.54, 1.807) is 24.3 Å². The van der Waals surface area contributed by atoms with Gasteiger partial charge in [-0.2, -0.15) is 5.10 Å². The Bertz CT molecular complexity index is 1150. The number of hydrazone groups is 1. The molecule has 9 heteroatoms. The molecular formula is C26H25FN4O4. The van der Waals surface area contributed by atoms with Gasteiger partial charge < -0.3 is 15.4 Å². The number of ether oxygens (including phenoxy) is 1. The standard InChI is InChI=1S/C26H25FN4O4/c27-21-8-10-22(11-9-21)30-26(34)18-35-23-12-6-20(7-13-23)17-29-31-25(33)16-24(32)28-15-14-19-4-2-1-3-5-19/h1-13,17H,14-16,18H2,(H,28,32)(H,30,34)(H,31,33)/b29-17+. The van der Waals surface area contributed by atoms with Crippen LogP contribution in [-0.4, -0.2) is 37.1 Å². The first-order valence-corrected chi connectivity index (χ1v) is 10.9. The van der Waals surface area contributed by atoms with Crippen molar-refractivity contribution in [3.05, 3.63) is 95.8 Å². The molecule has 0 unspecified atom stereocenters. The number of halogens is 1. The molecule has 0 atom stereocenters. The first kappa shape index (κ1) is 25.1. The Kier molecular flexibility index (Phi) is 9.50. The van der Waals surface area contributed by atoms with Gasteiger partial charge in [0.15, 0.2) is 6.61 Å². The molecule has 3 aromatic carbocycles. The number of amides is 3. The second kappa shape index (κ2) is 13.2. The van der Waals surface area contributed by atoms with Gasteiger partial charge in [-0.1, -0.05) is 30.3 Å². The highest BCUT2D eigenvalue weighted by Gasteiger charge is 2.08. The van der Waals surface area contributed by atoms with E-state index in [9.17, 15) is 18.8 Å². The van der Waals surface area contributed by atoms with E-state index in [4.69, 9.17) is 4.74 Å². The SMILES string of the molecule is O=C(CC(=O)N/N=C/c1ccc(OCC(=O)Nc2ccc(F)cc2)cc1)NCCc1ccccc1. The van der Waals surface area contributed by atoms with Crippen molar-refractivity contribution in [1.29, 1.82) is 0 Å². The van der Waals surface area contributed by atoms with Crippen LogP contribution in [0.25, 0.3) is 0 Å². The third kappa shape index (κ3) is 9.47. The number of benzene rings is 3. The first-order chi connectivity index (χ1) is 17.0. The molecule has 35 heavy (non-hydrogen) atoms. The fraction of sp³-hybridized carbons (Fsp3) is 0.154. The molecule has 3 amide bonds. The average Bonchev–Trinajstić information content (AvgIpc) is 2.85. The van der Waals surface area contributed by atoms with Crippen molar-refractivity contribution in [3.8, 4) is 5.75 Å².